The molecule has 0 bridgehead atoms. The Morgan fingerprint density at radius 2 is 2.11 bits per heavy atom. The predicted octanol–water partition coefficient (Wildman–Crippen LogP) is 1.16. The van der Waals surface area contributed by atoms with Gasteiger partial charge in [-0.25, -0.2) is 13.1 Å². The Bertz CT molecular complexity index is 537. The number of sulfonamides is 1. The molecular weight excluding hydrogens is 264 g/mol. The molecule has 0 saturated heterocycles. The second-order valence-electron chi connectivity index (χ2n) is 5.01. The monoisotopic (exact) mass is 284 g/mol. The van der Waals surface area contributed by atoms with E-state index in [0.29, 0.717) is 0 Å². The van der Waals surface area contributed by atoms with Crippen LogP contribution in [0.25, 0.3) is 0 Å². The van der Waals surface area contributed by atoms with E-state index in [2.05, 4.69) is 4.72 Å². The van der Waals surface area contributed by atoms with Gasteiger partial charge in [-0.1, -0.05) is 12.1 Å². The van der Waals surface area contributed by atoms with Crippen molar-refractivity contribution in [1.82, 2.24) is 4.72 Å². The van der Waals surface area contributed by atoms with Crippen molar-refractivity contribution in [3.8, 4) is 0 Å². The number of hydrogen-bond acceptors (Lipinski definition) is 4. The van der Waals surface area contributed by atoms with E-state index in [1.165, 1.54) is 0 Å². The van der Waals surface area contributed by atoms with E-state index < -0.39 is 10.0 Å². The largest absolute Gasteiger partial charge is 0.381 e. The molecule has 6 heteroatoms. The highest BCUT2D eigenvalue weighted by Gasteiger charge is 2.32. The summed E-state index contributed by atoms with van der Waals surface area (Å²) in [5.74, 6) is 0. The molecule has 0 spiro atoms. The number of methoxy groups -OCH3 is 1. The lowest BCUT2D eigenvalue weighted by Crippen LogP contribution is -2.47. The lowest BCUT2D eigenvalue weighted by molar-refractivity contribution is 0.0236. The Morgan fingerprint density at radius 1 is 1.42 bits per heavy atom. The number of benzene rings is 1. The van der Waals surface area contributed by atoms with Gasteiger partial charge in [-0.2, -0.15) is 0 Å². The summed E-state index contributed by atoms with van der Waals surface area (Å²) in [5.41, 5.74) is 6.58. The highest BCUT2D eigenvalue weighted by Crippen LogP contribution is 2.25. The maximum atomic E-state index is 12.2. The van der Waals surface area contributed by atoms with Crippen molar-refractivity contribution in [2.24, 2.45) is 5.73 Å². The van der Waals surface area contributed by atoms with Gasteiger partial charge < -0.3 is 10.5 Å². The predicted molar refractivity (Wildman–Crippen MR) is 73.2 cm³/mol. The van der Waals surface area contributed by atoms with Gasteiger partial charge in [0.15, 0.2) is 0 Å². The van der Waals surface area contributed by atoms with E-state index in [-0.39, 0.29) is 23.1 Å². The zero-order valence-corrected chi connectivity index (χ0v) is 12.0. The lowest BCUT2D eigenvalue weighted by atomic mass is 9.90. The Labute approximate surface area is 114 Å². The molecule has 3 N–H and O–H groups in total. The van der Waals surface area contributed by atoms with Crippen molar-refractivity contribution >= 4 is 10.0 Å². The first kappa shape index (κ1) is 14.5. The standard InChI is InChI=1S/C13H20N2O3S/c1-9(14)10-4-3-5-13(6-10)19(16,17)15-11-7-12(8-11)18-2/h3-6,9,11-12,15H,7-8,14H2,1-2H3. The normalized spacial score (nSPS) is 24.8. The third-order valence-electron chi connectivity index (χ3n) is 3.44. The maximum absolute atomic E-state index is 12.2. The first-order valence-corrected chi connectivity index (χ1v) is 7.81. The van der Waals surface area contributed by atoms with E-state index >= 15 is 0 Å². The fraction of sp³-hybridized carbons (Fsp3) is 0.538. The van der Waals surface area contributed by atoms with Crippen LogP contribution in [0.4, 0.5) is 0 Å². The minimum Gasteiger partial charge on any atom is -0.381 e. The molecule has 0 aromatic heterocycles. The Hall–Kier alpha value is -0.950. The van der Waals surface area contributed by atoms with Crippen LogP contribution in [0.5, 0.6) is 0 Å². The number of ether oxygens (including phenoxy) is 1. The van der Waals surface area contributed by atoms with E-state index in [4.69, 9.17) is 10.5 Å². The van der Waals surface area contributed by atoms with Crippen LogP contribution in [0, 0.1) is 0 Å². The average Bonchev–Trinajstić information content (AvgIpc) is 2.33. The summed E-state index contributed by atoms with van der Waals surface area (Å²) in [5, 5.41) is 0. The first-order chi connectivity index (χ1) is 8.92. The van der Waals surface area contributed by atoms with Crippen molar-refractivity contribution in [1.29, 1.82) is 0 Å². The Kier molecular flexibility index (Phi) is 4.25. The van der Waals surface area contributed by atoms with Crippen LogP contribution in [0.2, 0.25) is 0 Å². The van der Waals surface area contributed by atoms with Crippen molar-refractivity contribution < 1.29 is 13.2 Å². The zero-order valence-electron chi connectivity index (χ0n) is 11.2. The maximum Gasteiger partial charge on any atom is 0.240 e. The summed E-state index contributed by atoms with van der Waals surface area (Å²) in [6.07, 6.45) is 1.62. The van der Waals surface area contributed by atoms with E-state index in [9.17, 15) is 8.42 Å². The number of nitrogens with one attached hydrogen (secondary N) is 1. The van der Waals surface area contributed by atoms with Crippen LogP contribution in [0.3, 0.4) is 0 Å². The summed E-state index contributed by atoms with van der Waals surface area (Å²) in [6, 6.07) is 6.53. The highest BCUT2D eigenvalue weighted by molar-refractivity contribution is 7.89. The van der Waals surface area contributed by atoms with Crippen LogP contribution in [-0.4, -0.2) is 27.7 Å². The fourth-order valence-electron chi connectivity index (χ4n) is 2.11. The van der Waals surface area contributed by atoms with Gasteiger partial charge in [0.1, 0.15) is 0 Å². The molecule has 1 unspecified atom stereocenters. The smallest absolute Gasteiger partial charge is 0.240 e. The van der Waals surface area contributed by atoms with Crippen molar-refractivity contribution in [2.45, 2.75) is 42.8 Å². The lowest BCUT2D eigenvalue weighted by Gasteiger charge is -2.34. The summed E-state index contributed by atoms with van der Waals surface area (Å²) in [4.78, 5) is 0.267. The van der Waals surface area contributed by atoms with Crippen molar-refractivity contribution in [2.75, 3.05) is 7.11 Å². The molecule has 2 rings (SSSR count). The minimum absolute atomic E-state index is 0.0334. The number of nitrogens with two attached hydrogens (primary N) is 1. The van der Waals surface area contributed by atoms with Gasteiger partial charge in [0, 0.05) is 19.2 Å². The van der Waals surface area contributed by atoms with E-state index in [1.807, 2.05) is 13.0 Å². The second-order valence-corrected chi connectivity index (χ2v) is 6.72. The third-order valence-corrected chi connectivity index (χ3v) is 4.96. The molecule has 0 radical (unpaired) electrons. The summed E-state index contributed by atoms with van der Waals surface area (Å²) in [7, 11) is -1.83. The SMILES string of the molecule is COC1CC(NS(=O)(=O)c2cccc(C(C)N)c2)C1. The molecule has 1 atom stereocenters. The molecule has 1 aromatic carbocycles. The molecule has 1 saturated carbocycles. The molecule has 1 aliphatic rings. The molecule has 1 aliphatic carbocycles. The first-order valence-electron chi connectivity index (χ1n) is 6.33. The molecule has 5 nitrogen and oxygen atoms in total. The molecule has 1 fully saturated rings. The molecule has 1 aromatic rings. The van der Waals surface area contributed by atoms with E-state index in [1.54, 1.807) is 25.3 Å². The summed E-state index contributed by atoms with van der Waals surface area (Å²) >= 11 is 0. The quantitative estimate of drug-likeness (QED) is 0.850. The van der Waals surface area contributed by atoms with Crippen molar-refractivity contribution in [3.05, 3.63) is 29.8 Å². The van der Waals surface area contributed by atoms with Gasteiger partial charge in [-0.3, -0.25) is 0 Å². The molecule has 0 aliphatic heterocycles. The van der Waals surface area contributed by atoms with Gasteiger partial charge in [0.2, 0.25) is 10.0 Å². The number of hydrogen-bond donors (Lipinski definition) is 2. The van der Waals surface area contributed by atoms with Crippen LogP contribution in [-0.2, 0) is 14.8 Å². The second kappa shape index (κ2) is 5.58. The van der Waals surface area contributed by atoms with Crippen LogP contribution >= 0.6 is 0 Å². The Morgan fingerprint density at radius 3 is 2.68 bits per heavy atom. The molecule has 106 valence electrons. The van der Waals surface area contributed by atoms with E-state index in [0.717, 1.165) is 18.4 Å². The topological polar surface area (TPSA) is 81.4 Å². The third kappa shape index (κ3) is 3.33. The average molecular weight is 284 g/mol. The van der Waals surface area contributed by atoms with Crippen LogP contribution < -0.4 is 10.5 Å². The molecule has 0 amide bonds. The van der Waals surface area contributed by atoms with Gasteiger partial charge >= 0.3 is 0 Å². The van der Waals surface area contributed by atoms with Crippen molar-refractivity contribution in [3.63, 3.8) is 0 Å². The number of rotatable bonds is 5. The van der Waals surface area contributed by atoms with Crippen LogP contribution in [0.15, 0.2) is 29.2 Å². The molecule has 19 heavy (non-hydrogen) atoms. The summed E-state index contributed by atoms with van der Waals surface area (Å²) in [6.45, 7) is 1.83. The fourth-order valence-corrected chi connectivity index (χ4v) is 3.42. The summed E-state index contributed by atoms with van der Waals surface area (Å²) < 4.78 is 32.3. The van der Waals surface area contributed by atoms with Gasteiger partial charge in [-0.15, -0.1) is 0 Å². The highest BCUT2D eigenvalue weighted by atomic mass is 32.2. The van der Waals surface area contributed by atoms with Gasteiger partial charge in [0.25, 0.3) is 0 Å². The van der Waals surface area contributed by atoms with Gasteiger partial charge in [-0.05, 0) is 37.5 Å². The van der Waals surface area contributed by atoms with Crippen LogP contribution in [0.1, 0.15) is 31.4 Å². The Balaban J connectivity index is 2.09. The van der Waals surface area contributed by atoms with Gasteiger partial charge in [0.05, 0.1) is 11.0 Å². The minimum atomic E-state index is -3.47. The molecular formula is C13H20N2O3S. The zero-order chi connectivity index (χ0) is 14.0. The molecule has 0 heterocycles.